The van der Waals surface area contributed by atoms with Crippen LogP contribution in [-0.2, 0) is 122 Å². The average Bonchev–Trinajstić information content (AvgIpc) is 1.63. The van der Waals surface area contributed by atoms with Crippen LogP contribution in [0.1, 0.15) is 161 Å². The number of phenols is 1. The van der Waals surface area contributed by atoms with E-state index >= 15 is 33.6 Å². The van der Waals surface area contributed by atoms with Gasteiger partial charge in [-0.2, -0.15) is 0 Å². The van der Waals surface area contributed by atoms with Crippen molar-refractivity contribution < 1.29 is 111 Å². The van der Waals surface area contributed by atoms with E-state index in [0.29, 0.717) is 52.2 Å². The van der Waals surface area contributed by atoms with Gasteiger partial charge in [0.2, 0.25) is 112 Å². The first-order valence-corrected chi connectivity index (χ1v) is 46.3. The number of para-hydroxylation sites is 2. The molecule has 0 saturated carbocycles. The first kappa shape index (κ1) is 109. The predicted octanol–water partition coefficient (Wildman–Crippen LogP) is -3.55. The van der Waals surface area contributed by atoms with E-state index in [-0.39, 0.29) is 75.1 Å². The lowest BCUT2D eigenvalue weighted by atomic mass is 9.99. The van der Waals surface area contributed by atoms with E-state index in [2.05, 4.69) is 63.5 Å². The summed E-state index contributed by atoms with van der Waals surface area (Å²) in [7, 11) is 3.78. The minimum absolute atomic E-state index is 0.0404. The molecule has 0 bridgehead atoms. The third-order valence-electron chi connectivity index (χ3n) is 24.6. The van der Waals surface area contributed by atoms with Gasteiger partial charge in [0.15, 0.2) is 0 Å². The normalized spacial score (nSPS) is 24.5. The van der Waals surface area contributed by atoms with Gasteiger partial charge in [-0.05, 0) is 105 Å². The number of hydrogen-bond acceptors (Lipinski definition) is 23. The van der Waals surface area contributed by atoms with Crippen molar-refractivity contribution in [2.75, 3.05) is 53.9 Å². The van der Waals surface area contributed by atoms with Crippen LogP contribution in [0.3, 0.4) is 0 Å². The zero-order chi connectivity index (χ0) is 102. The van der Waals surface area contributed by atoms with E-state index in [1.807, 2.05) is 13.8 Å². The Morgan fingerprint density at radius 1 is 0.507 bits per heavy atom. The average molecular weight is 1930 g/mol. The van der Waals surface area contributed by atoms with E-state index < -0.39 is 292 Å². The number of unbranched alkanes of at least 4 members (excludes halogenated alkanes) is 2. The van der Waals surface area contributed by atoms with Crippen LogP contribution in [0, 0.1) is 11.8 Å². The first-order valence-electron chi connectivity index (χ1n) is 46.3. The second kappa shape index (κ2) is 51.2. The number of H-pyrrole nitrogens is 1. The molecule has 19 amide bonds. The minimum atomic E-state index is -2.01. The van der Waals surface area contributed by atoms with Gasteiger partial charge in [0.1, 0.15) is 96.9 Å². The van der Waals surface area contributed by atoms with Crippen LogP contribution in [0.4, 0.5) is 0 Å². The number of rotatable bonds is 28. The molecule has 5 aromatic rings. The van der Waals surface area contributed by atoms with Gasteiger partial charge in [0.05, 0.1) is 32.0 Å². The summed E-state index contributed by atoms with van der Waals surface area (Å²) < 4.78 is 1.39. The van der Waals surface area contributed by atoms with Crippen LogP contribution in [0.5, 0.6) is 5.75 Å². The third-order valence-corrected chi connectivity index (χ3v) is 24.6. The standard InChI is InChI=1S/C93H132N22O23/c1-11-13-23-70-86(131)104-61(34-49(3)4)83(128)109-68(81(126)100-44-77(97)121)43-98-45-78(122)101-65(36-52-27-29-55(116)30-28-52)89(134)110(8)51(7)80(125)106-67(41-76(96)120)91(136)114-33-19-26-71(114)87(132)102-60(31-32-74(94)118)82(127)107-64(35-50(5)6)92(137)115-47-56(117)39-73(115)88(133)105-62(37-53-42-99-59-22-17-15-20-57(53)59)84(129)103-63(40-75(95)119)85(130)108-66(90(135)112(10)72(24-14-12-2)93(138)111(70)9)38-54-46-113(48-79(123)124)69-25-18-16-21-58(54)69/h15-18,20-22,25,27-30,42,46,49-51,56,60-68,70-73,98-99,116-117H,11-14,19,23-24,26,31-41,43-45,47-48H2,1-10H3,(H2,94,118)(H2,95,119)(H2,96,120)(H2,97,121)(H,100,126)(H,101,122)(H,102,132)(H,103,129)(H,104,131)(H,105,133)(H,106,125)(H,107,127)(H,108,130)(H,109,128)(H,123,124)/t51-,56+,60-,61-,62-,63-,64-,65-,66-,67-,68-,70-,71-,72-,73-/m0/s1. The Morgan fingerprint density at radius 3 is 1.67 bits per heavy atom. The predicted molar refractivity (Wildman–Crippen MR) is 500 cm³/mol. The first-order chi connectivity index (χ1) is 65.3. The quantitative estimate of drug-likeness (QED) is 0.0231. The summed E-state index contributed by atoms with van der Waals surface area (Å²) in [4.78, 5) is 297. The van der Waals surface area contributed by atoms with Crippen molar-refractivity contribution in [2.24, 2.45) is 34.8 Å². The van der Waals surface area contributed by atoms with Crippen molar-refractivity contribution in [1.82, 2.24) is 92.5 Å². The van der Waals surface area contributed by atoms with Gasteiger partial charge in [0, 0.05) is 107 Å². The summed E-state index contributed by atoms with van der Waals surface area (Å²) in [6.07, 6.45) is -1.87. The topological polar surface area (TPSA) is 675 Å². The van der Waals surface area contributed by atoms with E-state index in [1.54, 1.807) is 82.4 Å². The Kier molecular flexibility index (Phi) is 40.5. The Balaban J connectivity index is 1.23. The molecular formula is C93H132N22O23. The van der Waals surface area contributed by atoms with Crippen LogP contribution >= 0.6 is 0 Å². The van der Waals surface area contributed by atoms with Crippen molar-refractivity contribution in [3.63, 3.8) is 0 Å². The van der Waals surface area contributed by atoms with Crippen molar-refractivity contribution in [3.8, 4) is 5.75 Å². The molecule has 2 aromatic heterocycles. The summed E-state index contributed by atoms with van der Waals surface area (Å²) in [6, 6.07) is -4.11. The highest BCUT2D eigenvalue weighted by Gasteiger charge is 2.47. The number of aromatic hydroxyl groups is 1. The molecule has 0 aliphatic carbocycles. The van der Waals surface area contributed by atoms with E-state index in [9.17, 15) is 77.6 Å². The van der Waals surface area contributed by atoms with Gasteiger partial charge in [-0.15, -0.1) is 0 Å². The maximum atomic E-state index is 16.0. The third kappa shape index (κ3) is 30.7. The molecule has 15 atom stereocenters. The molecule has 3 saturated heterocycles. The van der Waals surface area contributed by atoms with Gasteiger partial charge >= 0.3 is 5.97 Å². The number of carboxylic acid groups (broad SMARTS) is 1. The Morgan fingerprint density at radius 2 is 1.04 bits per heavy atom. The lowest BCUT2D eigenvalue weighted by molar-refractivity contribution is -0.149. The molecule has 3 aromatic carbocycles. The molecule has 0 spiro atoms. The Hall–Kier alpha value is -14.1. The number of phenolic OH excluding ortho intramolecular Hbond substituents is 1. The lowest BCUT2D eigenvalue weighted by Crippen LogP contribution is -2.61. The van der Waals surface area contributed by atoms with Gasteiger partial charge < -0.3 is 131 Å². The fraction of sp³-hybridized carbons (Fsp3) is 0.548. The zero-order valence-corrected chi connectivity index (χ0v) is 79.4. The fourth-order valence-corrected chi connectivity index (χ4v) is 17.2. The molecule has 45 heteroatoms. The van der Waals surface area contributed by atoms with E-state index in [4.69, 9.17) is 22.9 Å². The summed E-state index contributed by atoms with van der Waals surface area (Å²) in [5.41, 5.74) is 24.6. The van der Waals surface area contributed by atoms with E-state index in [1.165, 1.54) is 63.1 Å². The number of nitrogens with zero attached hydrogens (tertiary/aromatic N) is 6. The summed E-state index contributed by atoms with van der Waals surface area (Å²) in [5.74, 6) is -21.5. The number of carbonyl (C=O) groups excluding carboxylic acids is 19. The van der Waals surface area contributed by atoms with Crippen LogP contribution in [0.25, 0.3) is 21.8 Å². The molecule has 5 heterocycles. The molecule has 3 aliphatic heterocycles. The number of primary amides is 4. The Bertz CT molecular complexity index is 5270. The number of fused-ring (bicyclic) bond motifs is 4. The molecule has 45 nitrogen and oxygen atoms in total. The number of aliphatic hydroxyl groups is 1. The number of aliphatic carboxylic acids is 1. The molecule has 0 radical (unpaired) electrons. The highest BCUT2D eigenvalue weighted by Crippen LogP contribution is 2.29. The van der Waals surface area contributed by atoms with Crippen LogP contribution in [-0.4, -0.2) is 312 Å². The molecule has 23 N–H and O–H groups in total. The van der Waals surface area contributed by atoms with Gasteiger partial charge in [-0.1, -0.05) is 116 Å². The molecule has 752 valence electrons. The number of aromatic amines is 1. The van der Waals surface area contributed by atoms with Crippen LogP contribution in [0.2, 0.25) is 0 Å². The maximum absolute atomic E-state index is 16.0. The molecular weight excluding hydrogens is 1790 g/mol. The smallest absolute Gasteiger partial charge is 0.323 e. The number of hydrogen-bond donors (Lipinski definition) is 19. The van der Waals surface area contributed by atoms with Gasteiger partial charge in [-0.25, -0.2) is 0 Å². The number of likely N-dealkylation sites (N-methyl/N-ethyl adjacent to an activating group) is 3. The Labute approximate surface area is 797 Å². The maximum Gasteiger partial charge on any atom is 0.323 e. The number of carboxylic acids is 1. The highest BCUT2D eigenvalue weighted by molar-refractivity contribution is 6.03. The minimum Gasteiger partial charge on any atom is -0.508 e. The molecule has 138 heavy (non-hydrogen) atoms. The summed E-state index contributed by atoms with van der Waals surface area (Å²) in [5, 5.41) is 61.4. The fourth-order valence-electron chi connectivity index (χ4n) is 17.2. The molecule has 3 fully saturated rings. The molecule has 3 aliphatic rings. The number of nitrogens with two attached hydrogens (primary N) is 4. The van der Waals surface area contributed by atoms with Crippen LogP contribution < -0.4 is 81.4 Å². The number of carbonyl (C=O) groups is 20. The lowest BCUT2D eigenvalue weighted by Gasteiger charge is -2.36. The number of benzene rings is 3. The second-order valence-corrected chi connectivity index (χ2v) is 36.3. The zero-order valence-electron chi connectivity index (χ0n) is 79.4. The largest absolute Gasteiger partial charge is 0.508 e. The highest BCUT2D eigenvalue weighted by atomic mass is 16.4. The van der Waals surface area contributed by atoms with Crippen LogP contribution in [0.15, 0.2) is 85.2 Å². The number of aromatic nitrogens is 2. The van der Waals surface area contributed by atoms with Gasteiger partial charge in [-0.3, -0.25) is 95.9 Å². The van der Waals surface area contributed by atoms with Crippen molar-refractivity contribution in [1.29, 1.82) is 0 Å². The molecule has 0 unspecified atom stereocenters. The van der Waals surface area contributed by atoms with E-state index in [0.717, 1.165) is 24.5 Å². The second-order valence-electron chi connectivity index (χ2n) is 36.3. The SMILES string of the molecule is CCCC[C@H]1C(=O)N(C)[C@@H](CCCC)C(=O)N[C@@H](CC(C)C)C(=O)N[C@H](C(=O)NCC(N)=O)CNCC(=O)N[C@@H](Cc2ccc(O)cc2)C(=O)N(C)[C@@H](C)C(=O)N[C@@H](CC(N)=O)C(=O)N2CCC[C@H]2C(=O)N[C@@H](CCC(N)=O)C(=O)N[C@@H](CC(C)C)C(=O)N2C[C@H](O)C[C@H]2C(=O)N[C@@H](Cc2c[nH]c3ccccc23)C(=O)N[C@@H](CC(N)=O)C(=O)N[C@@H](Cc2cn(CC(=O)O)c3ccccc23)C(=O)N1C. The summed E-state index contributed by atoms with van der Waals surface area (Å²) in [6.45, 7) is 8.34. The van der Waals surface area contributed by atoms with Crippen molar-refractivity contribution in [3.05, 3.63) is 102 Å². The van der Waals surface area contributed by atoms with Gasteiger partial charge in [0.25, 0.3) is 0 Å². The number of nitrogens with one attached hydrogen (secondary N) is 12. The molecule has 8 rings (SSSR count). The number of aliphatic hydroxyl groups excluding tert-OH is 1. The number of amides is 19. The van der Waals surface area contributed by atoms with Crippen molar-refractivity contribution >= 4 is 140 Å². The monoisotopic (exact) mass is 1920 g/mol. The van der Waals surface area contributed by atoms with Crippen molar-refractivity contribution in [2.45, 2.75) is 261 Å². The summed E-state index contributed by atoms with van der Waals surface area (Å²) >= 11 is 0.